The average Bonchev–Trinajstić information content (AvgIpc) is 2.61. The van der Waals surface area contributed by atoms with E-state index in [0.29, 0.717) is 18.9 Å². The molecule has 2 rings (SSSR count). The van der Waals surface area contributed by atoms with Crippen LogP contribution in [0.3, 0.4) is 0 Å². The van der Waals surface area contributed by atoms with Gasteiger partial charge >= 0.3 is 0 Å². The van der Waals surface area contributed by atoms with Gasteiger partial charge in [-0.3, -0.25) is 4.79 Å². The second-order valence-electron chi connectivity index (χ2n) is 4.38. The van der Waals surface area contributed by atoms with Crippen molar-refractivity contribution in [3.05, 3.63) is 0 Å². The summed E-state index contributed by atoms with van der Waals surface area (Å²) in [5.41, 5.74) is 0. The summed E-state index contributed by atoms with van der Waals surface area (Å²) >= 11 is 0. The van der Waals surface area contributed by atoms with Crippen LogP contribution in [0.15, 0.2) is 0 Å². The summed E-state index contributed by atoms with van der Waals surface area (Å²) < 4.78 is 5.28. The van der Waals surface area contributed by atoms with Gasteiger partial charge in [-0.25, -0.2) is 0 Å². The first-order valence-corrected chi connectivity index (χ1v) is 5.54. The number of hydrogen-bond donors (Lipinski definition) is 0. The molecule has 4 nitrogen and oxygen atoms in total. The molecule has 0 aromatic carbocycles. The quantitative estimate of drug-likeness (QED) is 0.674. The zero-order valence-corrected chi connectivity index (χ0v) is 8.82. The van der Waals surface area contributed by atoms with Crippen LogP contribution >= 0.6 is 0 Å². The zero-order chi connectivity index (χ0) is 10.7. The number of ether oxygens (including phenoxy) is 1. The van der Waals surface area contributed by atoms with Crippen molar-refractivity contribution in [3.8, 4) is 6.07 Å². The topological polar surface area (TPSA) is 53.3 Å². The maximum atomic E-state index is 11.6. The number of hydrogen-bond acceptors (Lipinski definition) is 3. The van der Waals surface area contributed by atoms with Crippen LogP contribution in [0.1, 0.15) is 19.3 Å². The SMILES string of the molecule is N#CC1CC(=O)N(CC2CCOCC2)C1. The monoisotopic (exact) mass is 208 g/mol. The van der Waals surface area contributed by atoms with Crippen LogP contribution in [0.4, 0.5) is 0 Å². The fraction of sp³-hybridized carbons (Fsp3) is 0.818. The van der Waals surface area contributed by atoms with E-state index in [1.807, 2.05) is 4.90 Å². The molecule has 2 heterocycles. The number of nitrogens with zero attached hydrogens (tertiary/aromatic N) is 2. The molecule has 0 N–H and O–H groups in total. The summed E-state index contributed by atoms with van der Waals surface area (Å²) in [6, 6.07) is 2.17. The number of rotatable bonds is 2. The van der Waals surface area contributed by atoms with Crippen LogP contribution < -0.4 is 0 Å². The summed E-state index contributed by atoms with van der Waals surface area (Å²) in [7, 11) is 0. The first-order valence-electron chi connectivity index (χ1n) is 5.54. The van der Waals surface area contributed by atoms with Gasteiger partial charge in [0.2, 0.25) is 5.91 Å². The summed E-state index contributed by atoms with van der Waals surface area (Å²) in [5, 5.41) is 8.76. The molecule has 1 amide bonds. The van der Waals surface area contributed by atoms with E-state index in [1.54, 1.807) is 0 Å². The summed E-state index contributed by atoms with van der Waals surface area (Å²) in [6.45, 7) is 3.08. The average molecular weight is 208 g/mol. The van der Waals surface area contributed by atoms with Crippen molar-refractivity contribution in [3.63, 3.8) is 0 Å². The molecule has 0 aromatic rings. The molecule has 2 aliphatic heterocycles. The van der Waals surface area contributed by atoms with Crippen LogP contribution in [0.25, 0.3) is 0 Å². The van der Waals surface area contributed by atoms with E-state index in [4.69, 9.17) is 10.00 Å². The Hall–Kier alpha value is -1.08. The van der Waals surface area contributed by atoms with E-state index >= 15 is 0 Å². The maximum absolute atomic E-state index is 11.6. The second-order valence-corrected chi connectivity index (χ2v) is 4.38. The Balaban J connectivity index is 1.84. The predicted octanol–water partition coefficient (Wildman–Crippen LogP) is 0.785. The minimum absolute atomic E-state index is 0.0858. The van der Waals surface area contributed by atoms with E-state index in [0.717, 1.165) is 32.6 Å². The van der Waals surface area contributed by atoms with Crippen molar-refractivity contribution in [2.45, 2.75) is 19.3 Å². The lowest BCUT2D eigenvalue weighted by molar-refractivity contribution is -0.128. The highest BCUT2D eigenvalue weighted by Gasteiger charge is 2.31. The van der Waals surface area contributed by atoms with Gasteiger partial charge in [0.15, 0.2) is 0 Å². The second kappa shape index (κ2) is 4.63. The highest BCUT2D eigenvalue weighted by molar-refractivity contribution is 5.79. The number of carbonyl (C=O) groups excluding carboxylic acids is 1. The van der Waals surface area contributed by atoms with Crippen molar-refractivity contribution in [1.29, 1.82) is 5.26 Å². The molecule has 0 bridgehead atoms. The Morgan fingerprint density at radius 2 is 2.20 bits per heavy atom. The molecule has 0 saturated carbocycles. The summed E-state index contributed by atoms with van der Waals surface area (Å²) in [6.07, 6.45) is 2.50. The van der Waals surface area contributed by atoms with Gasteiger partial charge in [0.05, 0.1) is 12.0 Å². The Kier molecular flexibility index (Phi) is 3.22. The minimum atomic E-state index is -0.0858. The summed E-state index contributed by atoms with van der Waals surface area (Å²) in [4.78, 5) is 13.4. The van der Waals surface area contributed by atoms with Crippen molar-refractivity contribution >= 4 is 5.91 Å². The molecule has 0 spiro atoms. The number of nitriles is 1. The highest BCUT2D eigenvalue weighted by atomic mass is 16.5. The van der Waals surface area contributed by atoms with Gasteiger partial charge in [0, 0.05) is 32.7 Å². The Labute approximate surface area is 89.8 Å². The Morgan fingerprint density at radius 1 is 1.47 bits per heavy atom. The molecule has 1 atom stereocenters. The molecule has 2 fully saturated rings. The van der Waals surface area contributed by atoms with Gasteiger partial charge in [-0.2, -0.15) is 5.26 Å². The van der Waals surface area contributed by atoms with Crippen molar-refractivity contribution < 1.29 is 9.53 Å². The maximum Gasteiger partial charge on any atom is 0.224 e. The van der Waals surface area contributed by atoms with Gasteiger partial charge < -0.3 is 9.64 Å². The van der Waals surface area contributed by atoms with E-state index in [-0.39, 0.29) is 11.8 Å². The molecule has 0 aliphatic carbocycles. The van der Waals surface area contributed by atoms with Crippen LogP contribution in [0.2, 0.25) is 0 Å². The fourth-order valence-corrected chi connectivity index (χ4v) is 2.28. The van der Waals surface area contributed by atoms with Gasteiger partial charge in [-0.1, -0.05) is 0 Å². The first kappa shape index (κ1) is 10.4. The van der Waals surface area contributed by atoms with Gasteiger partial charge in [0.1, 0.15) is 0 Å². The summed E-state index contributed by atoms with van der Waals surface area (Å²) in [5.74, 6) is 0.630. The third-order valence-electron chi connectivity index (χ3n) is 3.22. The Bertz CT molecular complexity index is 279. The fourth-order valence-electron chi connectivity index (χ4n) is 2.28. The predicted molar refractivity (Wildman–Crippen MR) is 53.8 cm³/mol. The van der Waals surface area contributed by atoms with E-state index in [9.17, 15) is 4.79 Å². The minimum Gasteiger partial charge on any atom is -0.381 e. The zero-order valence-electron chi connectivity index (χ0n) is 8.82. The molecule has 0 radical (unpaired) electrons. The molecule has 4 heteroatoms. The van der Waals surface area contributed by atoms with Gasteiger partial charge in [-0.15, -0.1) is 0 Å². The molecule has 82 valence electrons. The smallest absolute Gasteiger partial charge is 0.224 e. The molecular weight excluding hydrogens is 192 g/mol. The van der Waals surface area contributed by atoms with Crippen LogP contribution in [-0.4, -0.2) is 37.1 Å². The standard InChI is InChI=1S/C11H16N2O2/c12-6-10-5-11(14)13(8-10)7-9-1-3-15-4-2-9/h9-10H,1-5,7-8H2. The third kappa shape index (κ3) is 2.48. The molecule has 1 unspecified atom stereocenters. The molecule has 2 aliphatic rings. The molecule has 0 aromatic heterocycles. The largest absolute Gasteiger partial charge is 0.381 e. The molecule has 2 saturated heterocycles. The lowest BCUT2D eigenvalue weighted by Gasteiger charge is -2.26. The lowest BCUT2D eigenvalue weighted by Crippen LogP contribution is -2.33. The van der Waals surface area contributed by atoms with Gasteiger partial charge in [-0.05, 0) is 18.8 Å². The number of carbonyl (C=O) groups is 1. The van der Waals surface area contributed by atoms with Crippen molar-refractivity contribution in [2.24, 2.45) is 11.8 Å². The van der Waals surface area contributed by atoms with Crippen LogP contribution in [0, 0.1) is 23.2 Å². The van der Waals surface area contributed by atoms with Crippen LogP contribution in [-0.2, 0) is 9.53 Å². The highest BCUT2D eigenvalue weighted by Crippen LogP contribution is 2.22. The lowest BCUT2D eigenvalue weighted by atomic mass is 10.00. The van der Waals surface area contributed by atoms with E-state index in [2.05, 4.69) is 6.07 Å². The van der Waals surface area contributed by atoms with E-state index in [1.165, 1.54) is 0 Å². The normalized spacial score (nSPS) is 28.1. The first-order chi connectivity index (χ1) is 7.29. The molecular formula is C11H16N2O2. The van der Waals surface area contributed by atoms with Crippen molar-refractivity contribution in [2.75, 3.05) is 26.3 Å². The van der Waals surface area contributed by atoms with E-state index < -0.39 is 0 Å². The number of amides is 1. The third-order valence-corrected chi connectivity index (χ3v) is 3.22. The van der Waals surface area contributed by atoms with Crippen molar-refractivity contribution in [1.82, 2.24) is 4.90 Å². The Morgan fingerprint density at radius 3 is 2.80 bits per heavy atom. The van der Waals surface area contributed by atoms with Gasteiger partial charge in [0.25, 0.3) is 0 Å². The number of likely N-dealkylation sites (tertiary alicyclic amines) is 1. The molecule has 15 heavy (non-hydrogen) atoms. The van der Waals surface area contributed by atoms with Crippen LogP contribution in [0.5, 0.6) is 0 Å².